The monoisotopic (exact) mass is 335 g/mol. The van der Waals surface area contributed by atoms with E-state index < -0.39 is 0 Å². The molecule has 1 N–H and O–H groups in total. The van der Waals surface area contributed by atoms with Crippen LogP contribution in [0.5, 0.6) is 0 Å². The zero-order chi connectivity index (χ0) is 17.1. The molecule has 1 unspecified atom stereocenters. The van der Waals surface area contributed by atoms with Gasteiger partial charge in [0.2, 0.25) is 11.7 Å². The van der Waals surface area contributed by atoms with Crippen LogP contribution < -0.4 is 0 Å². The molecule has 5 nitrogen and oxygen atoms in total. The molecule has 1 heterocycles. The first-order valence-corrected chi connectivity index (χ1v) is 8.66. The number of hydrogen-bond donors (Lipinski definition) is 1. The second-order valence-corrected chi connectivity index (χ2v) is 6.33. The fourth-order valence-electron chi connectivity index (χ4n) is 3.58. The molecule has 1 aromatic heterocycles. The zero-order valence-corrected chi connectivity index (χ0v) is 14.0. The van der Waals surface area contributed by atoms with Crippen molar-refractivity contribution in [1.82, 2.24) is 15.0 Å². The minimum Gasteiger partial charge on any atom is -0.395 e. The minimum atomic E-state index is 0.109. The van der Waals surface area contributed by atoms with Crippen molar-refractivity contribution in [3.8, 4) is 11.4 Å². The summed E-state index contributed by atoms with van der Waals surface area (Å²) >= 11 is 0. The maximum Gasteiger partial charge on any atom is 0.241 e. The molecule has 0 saturated heterocycles. The Hall–Kier alpha value is -2.50. The highest BCUT2D eigenvalue weighted by molar-refractivity contribution is 5.53. The Morgan fingerprint density at radius 3 is 2.72 bits per heavy atom. The van der Waals surface area contributed by atoms with Crippen LogP contribution in [0.15, 0.2) is 59.1 Å². The Morgan fingerprint density at radius 2 is 1.88 bits per heavy atom. The number of benzene rings is 2. The number of aromatic nitrogens is 2. The Bertz CT molecular complexity index is 832. The Kier molecular flexibility index (Phi) is 4.59. The van der Waals surface area contributed by atoms with E-state index in [1.807, 2.05) is 30.3 Å². The minimum absolute atomic E-state index is 0.109. The fourth-order valence-corrected chi connectivity index (χ4v) is 3.58. The lowest BCUT2D eigenvalue weighted by molar-refractivity contribution is 0.128. The van der Waals surface area contributed by atoms with Crippen LogP contribution in [-0.2, 0) is 13.0 Å². The molecule has 0 spiro atoms. The highest BCUT2D eigenvalue weighted by Crippen LogP contribution is 2.36. The third kappa shape index (κ3) is 3.34. The average Bonchev–Trinajstić information content (AvgIpc) is 3.29. The second kappa shape index (κ2) is 7.17. The zero-order valence-electron chi connectivity index (χ0n) is 14.0. The van der Waals surface area contributed by atoms with Crippen molar-refractivity contribution >= 4 is 0 Å². The van der Waals surface area contributed by atoms with E-state index in [4.69, 9.17) is 4.52 Å². The van der Waals surface area contributed by atoms with Gasteiger partial charge in [0.15, 0.2) is 0 Å². The van der Waals surface area contributed by atoms with Gasteiger partial charge in [-0.15, -0.1) is 0 Å². The van der Waals surface area contributed by atoms with E-state index in [1.165, 1.54) is 11.1 Å². The van der Waals surface area contributed by atoms with Gasteiger partial charge in [0, 0.05) is 18.2 Å². The maximum absolute atomic E-state index is 9.50. The first kappa shape index (κ1) is 16.0. The average molecular weight is 335 g/mol. The predicted octanol–water partition coefficient (Wildman–Crippen LogP) is 3.22. The molecule has 0 bridgehead atoms. The first-order chi connectivity index (χ1) is 12.3. The summed E-state index contributed by atoms with van der Waals surface area (Å²) in [4.78, 5) is 6.76. The molecule has 25 heavy (non-hydrogen) atoms. The third-order valence-corrected chi connectivity index (χ3v) is 4.77. The number of rotatable bonds is 6. The largest absolute Gasteiger partial charge is 0.395 e. The molecule has 128 valence electrons. The highest BCUT2D eigenvalue weighted by atomic mass is 16.5. The number of aliphatic hydroxyl groups excluding tert-OH is 1. The summed E-state index contributed by atoms with van der Waals surface area (Å²) in [5.74, 6) is 1.18. The van der Waals surface area contributed by atoms with Gasteiger partial charge in [-0.1, -0.05) is 59.8 Å². The van der Waals surface area contributed by atoms with Gasteiger partial charge >= 0.3 is 0 Å². The Labute approximate surface area is 146 Å². The van der Waals surface area contributed by atoms with Crippen LogP contribution >= 0.6 is 0 Å². The molecule has 5 heteroatoms. The number of hydrogen-bond acceptors (Lipinski definition) is 5. The summed E-state index contributed by atoms with van der Waals surface area (Å²) in [6, 6.07) is 18.6. The first-order valence-electron chi connectivity index (χ1n) is 8.66. The number of fused-ring (bicyclic) bond motifs is 1. The van der Waals surface area contributed by atoms with Gasteiger partial charge < -0.3 is 9.63 Å². The molecule has 0 amide bonds. The molecular formula is C20H21N3O2. The van der Waals surface area contributed by atoms with E-state index in [9.17, 15) is 5.11 Å². The number of aliphatic hydroxyl groups is 1. The lowest BCUT2D eigenvalue weighted by Gasteiger charge is -2.27. The number of nitrogens with zero attached hydrogens (tertiary/aromatic N) is 3. The topological polar surface area (TPSA) is 62.4 Å². The standard InChI is InChI=1S/C20H21N3O2/c24-13-12-23(18-11-10-15-6-4-5-9-17(15)18)14-19-21-20(22-25-19)16-7-2-1-3-8-16/h1-9,18,24H,10-14H2. The highest BCUT2D eigenvalue weighted by Gasteiger charge is 2.28. The lowest BCUT2D eigenvalue weighted by atomic mass is 10.1. The molecule has 0 radical (unpaired) electrons. The molecule has 0 aliphatic heterocycles. The molecule has 1 atom stereocenters. The van der Waals surface area contributed by atoms with Crippen molar-refractivity contribution < 1.29 is 9.63 Å². The van der Waals surface area contributed by atoms with Crippen LogP contribution in [0.3, 0.4) is 0 Å². The summed E-state index contributed by atoms with van der Waals surface area (Å²) in [7, 11) is 0. The molecule has 4 rings (SSSR count). The summed E-state index contributed by atoms with van der Waals surface area (Å²) in [5.41, 5.74) is 3.68. The molecule has 1 aliphatic rings. The quantitative estimate of drug-likeness (QED) is 0.749. The van der Waals surface area contributed by atoms with Crippen molar-refractivity contribution in [1.29, 1.82) is 0 Å². The molecule has 0 fully saturated rings. The van der Waals surface area contributed by atoms with Gasteiger partial charge in [0.25, 0.3) is 0 Å². The molecule has 0 saturated carbocycles. The van der Waals surface area contributed by atoms with Crippen LogP contribution in [0.2, 0.25) is 0 Å². The van der Waals surface area contributed by atoms with Crippen molar-refractivity contribution in [2.75, 3.05) is 13.2 Å². The van der Waals surface area contributed by atoms with Crippen LogP contribution in [0, 0.1) is 0 Å². The second-order valence-electron chi connectivity index (χ2n) is 6.33. The normalized spacial score (nSPS) is 16.3. The van der Waals surface area contributed by atoms with Crippen LogP contribution in [0.25, 0.3) is 11.4 Å². The summed E-state index contributed by atoms with van der Waals surface area (Å²) in [6.45, 7) is 1.24. The van der Waals surface area contributed by atoms with Crippen molar-refractivity contribution in [3.63, 3.8) is 0 Å². The summed E-state index contributed by atoms with van der Waals surface area (Å²) in [6.07, 6.45) is 2.13. The van der Waals surface area contributed by atoms with Gasteiger partial charge in [-0.05, 0) is 24.0 Å². The molecule has 1 aliphatic carbocycles. The van der Waals surface area contributed by atoms with E-state index in [0.717, 1.165) is 18.4 Å². The lowest BCUT2D eigenvalue weighted by Crippen LogP contribution is -2.30. The SMILES string of the molecule is OCCN(Cc1nc(-c2ccccc2)no1)C1CCc2ccccc21. The Morgan fingerprint density at radius 1 is 1.08 bits per heavy atom. The molecular weight excluding hydrogens is 314 g/mol. The summed E-state index contributed by atoms with van der Waals surface area (Å²) < 4.78 is 5.46. The van der Waals surface area contributed by atoms with Gasteiger partial charge in [-0.25, -0.2) is 0 Å². The molecule has 3 aromatic rings. The smallest absolute Gasteiger partial charge is 0.241 e. The van der Waals surface area contributed by atoms with Crippen molar-refractivity contribution in [2.24, 2.45) is 0 Å². The van der Waals surface area contributed by atoms with Gasteiger partial charge in [0.05, 0.1) is 13.2 Å². The van der Waals surface area contributed by atoms with Crippen LogP contribution in [0.1, 0.15) is 29.5 Å². The third-order valence-electron chi connectivity index (χ3n) is 4.77. The van der Waals surface area contributed by atoms with Crippen molar-refractivity contribution in [2.45, 2.75) is 25.4 Å². The molecule has 2 aromatic carbocycles. The number of aryl methyl sites for hydroxylation is 1. The summed E-state index contributed by atoms with van der Waals surface area (Å²) in [5, 5.41) is 13.6. The van der Waals surface area contributed by atoms with E-state index in [-0.39, 0.29) is 12.6 Å². The van der Waals surface area contributed by atoms with Gasteiger partial charge in [-0.2, -0.15) is 4.98 Å². The van der Waals surface area contributed by atoms with E-state index in [2.05, 4.69) is 39.3 Å². The van der Waals surface area contributed by atoms with E-state index in [1.54, 1.807) is 0 Å². The predicted molar refractivity (Wildman–Crippen MR) is 94.7 cm³/mol. The van der Waals surface area contributed by atoms with Gasteiger partial charge in [0.1, 0.15) is 0 Å². The van der Waals surface area contributed by atoms with Crippen LogP contribution in [0.4, 0.5) is 0 Å². The van der Waals surface area contributed by atoms with Gasteiger partial charge in [-0.3, -0.25) is 4.90 Å². The van der Waals surface area contributed by atoms with E-state index >= 15 is 0 Å². The van der Waals surface area contributed by atoms with E-state index in [0.29, 0.717) is 24.8 Å². The van der Waals surface area contributed by atoms with Crippen molar-refractivity contribution in [3.05, 3.63) is 71.6 Å². The van der Waals surface area contributed by atoms with Crippen LogP contribution in [-0.4, -0.2) is 33.3 Å². The maximum atomic E-state index is 9.50. The Balaban J connectivity index is 1.54. The fraction of sp³-hybridized carbons (Fsp3) is 0.300.